The smallest absolute Gasteiger partial charge is 0.278 e. The van der Waals surface area contributed by atoms with E-state index < -0.39 is 0 Å². The van der Waals surface area contributed by atoms with Crippen molar-refractivity contribution in [2.24, 2.45) is 16.5 Å². The molecule has 1 aliphatic heterocycles. The standard InChI is InChI=1S/C8H11N5OS2/c9-6(10)12-7-11-4-1-2-13(8(14)15)3-5(4)16-7/h1-3H2,(H,14,15)(H4,9,10,11,12). The molecule has 16 heavy (non-hydrogen) atoms. The van der Waals surface area contributed by atoms with Gasteiger partial charge in [0.1, 0.15) is 0 Å². The lowest BCUT2D eigenvalue weighted by Gasteiger charge is -2.23. The molecule has 4 N–H and O–H groups in total. The van der Waals surface area contributed by atoms with Crippen LogP contribution in [-0.4, -0.2) is 27.6 Å². The molecule has 0 unspecified atom stereocenters. The van der Waals surface area contributed by atoms with Crippen molar-refractivity contribution in [1.29, 1.82) is 0 Å². The van der Waals surface area contributed by atoms with Gasteiger partial charge in [0.05, 0.1) is 12.2 Å². The van der Waals surface area contributed by atoms with E-state index in [9.17, 15) is 4.79 Å². The lowest BCUT2D eigenvalue weighted by molar-refractivity contribution is 0.219. The second-order valence-corrected chi connectivity index (χ2v) is 4.80. The number of rotatable bonds is 1. The molecule has 86 valence electrons. The molecule has 2 rings (SSSR count). The number of carbonyl (C=O) groups is 1. The lowest BCUT2D eigenvalue weighted by atomic mass is 10.2. The first-order valence-corrected chi connectivity index (χ1v) is 5.88. The second-order valence-electron chi connectivity index (χ2n) is 3.36. The predicted octanol–water partition coefficient (Wildman–Crippen LogP) is 0.456. The average molecular weight is 257 g/mol. The molecule has 1 aromatic rings. The molecule has 0 fully saturated rings. The van der Waals surface area contributed by atoms with E-state index >= 15 is 0 Å². The Labute approximate surface area is 102 Å². The van der Waals surface area contributed by atoms with Crippen LogP contribution in [0.2, 0.25) is 0 Å². The number of nitrogens with two attached hydrogens (primary N) is 2. The average Bonchev–Trinajstić information content (AvgIpc) is 2.56. The molecule has 0 aliphatic carbocycles. The van der Waals surface area contributed by atoms with Crippen LogP contribution in [0.3, 0.4) is 0 Å². The molecule has 1 aromatic heterocycles. The van der Waals surface area contributed by atoms with Gasteiger partial charge < -0.3 is 16.4 Å². The SMILES string of the molecule is NC(N)=Nc1nc2c(s1)CN(C(=O)S)CC2. The number of amides is 1. The minimum Gasteiger partial charge on any atom is -0.370 e. The number of guanidine groups is 1. The molecular weight excluding hydrogens is 246 g/mol. The van der Waals surface area contributed by atoms with Crippen molar-refractivity contribution in [3.63, 3.8) is 0 Å². The Morgan fingerprint density at radius 2 is 2.31 bits per heavy atom. The molecule has 0 atom stereocenters. The molecule has 0 saturated carbocycles. The van der Waals surface area contributed by atoms with Gasteiger partial charge in [0, 0.05) is 17.8 Å². The summed E-state index contributed by atoms with van der Waals surface area (Å²) in [7, 11) is 0. The molecule has 0 bridgehead atoms. The first kappa shape index (κ1) is 11.2. The Hall–Kier alpha value is -1.28. The molecule has 8 heteroatoms. The highest BCUT2D eigenvalue weighted by Gasteiger charge is 2.22. The van der Waals surface area contributed by atoms with Gasteiger partial charge in [-0.05, 0) is 0 Å². The maximum absolute atomic E-state index is 11.1. The van der Waals surface area contributed by atoms with Crippen LogP contribution in [0.1, 0.15) is 10.6 Å². The van der Waals surface area contributed by atoms with Crippen LogP contribution in [0.25, 0.3) is 0 Å². The van der Waals surface area contributed by atoms with Gasteiger partial charge in [-0.25, -0.2) is 4.98 Å². The molecule has 1 amide bonds. The Kier molecular flexibility index (Phi) is 3.01. The van der Waals surface area contributed by atoms with Crippen LogP contribution in [0, 0.1) is 0 Å². The number of hydrogen-bond donors (Lipinski definition) is 3. The number of hydrogen-bond acceptors (Lipinski definition) is 4. The minimum atomic E-state index is -0.220. The van der Waals surface area contributed by atoms with Gasteiger partial charge in [0.2, 0.25) is 5.13 Å². The van der Waals surface area contributed by atoms with E-state index in [-0.39, 0.29) is 11.2 Å². The first-order valence-electron chi connectivity index (χ1n) is 4.62. The maximum Gasteiger partial charge on any atom is 0.278 e. The van der Waals surface area contributed by atoms with Crippen molar-refractivity contribution in [2.75, 3.05) is 6.54 Å². The highest BCUT2D eigenvalue weighted by molar-refractivity contribution is 7.96. The van der Waals surface area contributed by atoms with Gasteiger partial charge in [-0.3, -0.25) is 4.79 Å². The van der Waals surface area contributed by atoms with Gasteiger partial charge in [-0.1, -0.05) is 24.0 Å². The van der Waals surface area contributed by atoms with Crippen molar-refractivity contribution in [3.05, 3.63) is 10.6 Å². The number of fused-ring (bicyclic) bond motifs is 1. The third-order valence-electron chi connectivity index (χ3n) is 2.22. The summed E-state index contributed by atoms with van der Waals surface area (Å²) in [5, 5.41) is 0.320. The highest BCUT2D eigenvalue weighted by atomic mass is 32.1. The van der Waals surface area contributed by atoms with E-state index in [0.717, 1.165) is 17.0 Å². The summed E-state index contributed by atoms with van der Waals surface area (Å²) in [6, 6.07) is 0. The maximum atomic E-state index is 11.1. The van der Waals surface area contributed by atoms with E-state index in [1.807, 2.05) is 0 Å². The van der Waals surface area contributed by atoms with E-state index in [0.29, 0.717) is 18.2 Å². The molecule has 0 radical (unpaired) electrons. The quantitative estimate of drug-likeness (QED) is 0.386. The van der Waals surface area contributed by atoms with Crippen molar-refractivity contribution in [2.45, 2.75) is 13.0 Å². The van der Waals surface area contributed by atoms with Crippen LogP contribution in [0.15, 0.2) is 4.99 Å². The summed E-state index contributed by atoms with van der Waals surface area (Å²) >= 11 is 5.20. The van der Waals surface area contributed by atoms with E-state index in [1.165, 1.54) is 11.3 Å². The number of thiol groups is 1. The highest BCUT2D eigenvalue weighted by Crippen LogP contribution is 2.30. The molecule has 2 heterocycles. The molecule has 0 aromatic carbocycles. The lowest BCUT2D eigenvalue weighted by Crippen LogP contribution is -2.31. The summed E-state index contributed by atoms with van der Waals surface area (Å²) in [6.45, 7) is 1.18. The number of nitrogens with zero attached hydrogens (tertiary/aromatic N) is 3. The molecule has 0 spiro atoms. The van der Waals surface area contributed by atoms with Crippen molar-refractivity contribution in [1.82, 2.24) is 9.88 Å². The van der Waals surface area contributed by atoms with Gasteiger partial charge >= 0.3 is 0 Å². The number of carbonyl (C=O) groups excluding carboxylic acids is 1. The minimum absolute atomic E-state index is 0.00627. The van der Waals surface area contributed by atoms with Gasteiger partial charge in [0.15, 0.2) is 5.96 Å². The fraction of sp³-hybridized carbons (Fsp3) is 0.375. The predicted molar refractivity (Wildman–Crippen MR) is 66.1 cm³/mol. The van der Waals surface area contributed by atoms with E-state index in [4.69, 9.17) is 11.5 Å². The van der Waals surface area contributed by atoms with Gasteiger partial charge in [-0.15, -0.1) is 0 Å². The Morgan fingerprint density at radius 3 is 2.94 bits per heavy atom. The first-order chi connectivity index (χ1) is 7.56. The normalized spacial score (nSPS) is 14.4. The van der Waals surface area contributed by atoms with Crippen molar-refractivity contribution >= 4 is 40.3 Å². The van der Waals surface area contributed by atoms with Crippen molar-refractivity contribution < 1.29 is 4.79 Å². The Bertz CT molecular complexity index is 451. The Morgan fingerprint density at radius 1 is 1.56 bits per heavy atom. The summed E-state index contributed by atoms with van der Waals surface area (Å²) in [6.07, 6.45) is 0.720. The second kappa shape index (κ2) is 4.30. The molecule has 1 aliphatic rings. The number of thiazole rings is 1. The zero-order chi connectivity index (χ0) is 11.7. The number of aliphatic imine (C=N–C) groups is 1. The van der Waals surface area contributed by atoms with Crippen LogP contribution >= 0.6 is 24.0 Å². The topological polar surface area (TPSA) is 97.6 Å². The van der Waals surface area contributed by atoms with Crippen LogP contribution in [0.5, 0.6) is 0 Å². The third-order valence-corrected chi connectivity index (χ3v) is 3.47. The Balaban J connectivity index is 2.23. The van der Waals surface area contributed by atoms with E-state index in [1.54, 1.807) is 4.90 Å². The van der Waals surface area contributed by atoms with Crippen LogP contribution < -0.4 is 11.5 Å². The fourth-order valence-corrected chi connectivity index (χ4v) is 2.69. The summed E-state index contributed by atoms with van der Waals surface area (Å²) in [4.78, 5) is 22.0. The molecule has 0 saturated heterocycles. The monoisotopic (exact) mass is 257 g/mol. The fourth-order valence-electron chi connectivity index (χ4n) is 1.50. The third kappa shape index (κ3) is 2.27. The summed E-state index contributed by atoms with van der Waals surface area (Å²) in [5.74, 6) is -0.00627. The summed E-state index contributed by atoms with van der Waals surface area (Å²) < 4.78 is 0. The molecule has 6 nitrogen and oxygen atoms in total. The van der Waals surface area contributed by atoms with E-state index in [2.05, 4.69) is 22.6 Å². The largest absolute Gasteiger partial charge is 0.370 e. The zero-order valence-corrected chi connectivity index (χ0v) is 10.1. The van der Waals surface area contributed by atoms with Gasteiger partial charge in [-0.2, -0.15) is 4.99 Å². The molecular formula is C8H11N5OS2. The van der Waals surface area contributed by atoms with Crippen molar-refractivity contribution in [3.8, 4) is 0 Å². The zero-order valence-electron chi connectivity index (χ0n) is 8.38. The van der Waals surface area contributed by atoms with Crippen LogP contribution in [-0.2, 0) is 13.0 Å². The van der Waals surface area contributed by atoms with Gasteiger partial charge in [0.25, 0.3) is 5.24 Å². The van der Waals surface area contributed by atoms with Crippen LogP contribution in [0.4, 0.5) is 9.93 Å². The summed E-state index contributed by atoms with van der Waals surface area (Å²) in [5.41, 5.74) is 11.5. The number of aromatic nitrogens is 1.